The fourth-order valence-electron chi connectivity index (χ4n) is 4.05. The van der Waals surface area contributed by atoms with E-state index in [1.54, 1.807) is 0 Å². The molecule has 0 aliphatic heterocycles. The van der Waals surface area contributed by atoms with Crippen LogP contribution in [0.1, 0.15) is 57.4 Å². The standard InChI is InChI=1S/C18H25NO/c1-3-12(2)15-6-4-5-7-17(15)19-18(20)16-11-13-8-9-14(16)10-13/h4-7,12-14,16H,3,8-11H2,1-2H3,(H,19,20). The van der Waals surface area contributed by atoms with Crippen molar-refractivity contribution in [2.24, 2.45) is 17.8 Å². The maximum Gasteiger partial charge on any atom is 0.227 e. The molecule has 1 aromatic rings. The van der Waals surface area contributed by atoms with Crippen molar-refractivity contribution in [2.75, 3.05) is 5.32 Å². The monoisotopic (exact) mass is 271 g/mol. The molecule has 2 aliphatic rings. The molecule has 0 aromatic heterocycles. The molecular formula is C18H25NO. The van der Waals surface area contributed by atoms with Crippen LogP contribution in [-0.4, -0.2) is 5.91 Å². The van der Waals surface area contributed by atoms with E-state index in [2.05, 4.69) is 31.3 Å². The fourth-order valence-corrected chi connectivity index (χ4v) is 4.05. The van der Waals surface area contributed by atoms with Gasteiger partial charge in [0.1, 0.15) is 0 Å². The van der Waals surface area contributed by atoms with Gasteiger partial charge in [0.05, 0.1) is 0 Å². The van der Waals surface area contributed by atoms with E-state index in [0.29, 0.717) is 11.8 Å². The predicted octanol–water partition coefficient (Wildman–Crippen LogP) is 4.57. The van der Waals surface area contributed by atoms with Crippen molar-refractivity contribution in [3.05, 3.63) is 29.8 Å². The first-order valence-corrected chi connectivity index (χ1v) is 8.08. The Kier molecular flexibility index (Phi) is 3.82. The van der Waals surface area contributed by atoms with Crippen LogP contribution in [-0.2, 0) is 4.79 Å². The third-order valence-electron chi connectivity index (χ3n) is 5.44. The van der Waals surface area contributed by atoms with Gasteiger partial charge in [0.25, 0.3) is 0 Å². The second-order valence-corrected chi connectivity index (χ2v) is 6.67. The van der Waals surface area contributed by atoms with Crippen molar-refractivity contribution in [2.45, 2.75) is 51.9 Å². The third kappa shape index (κ3) is 2.48. The summed E-state index contributed by atoms with van der Waals surface area (Å²) in [6.07, 6.45) is 6.10. The molecule has 20 heavy (non-hydrogen) atoms. The van der Waals surface area contributed by atoms with E-state index in [1.807, 2.05) is 12.1 Å². The van der Waals surface area contributed by atoms with E-state index in [4.69, 9.17) is 0 Å². The summed E-state index contributed by atoms with van der Waals surface area (Å²) in [5, 5.41) is 3.21. The molecule has 1 N–H and O–H groups in total. The lowest BCUT2D eigenvalue weighted by Crippen LogP contribution is -2.27. The fraction of sp³-hybridized carbons (Fsp3) is 0.611. The Balaban J connectivity index is 1.73. The molecule has 2 heteroatoms. The molecule has 0 saturated heterocycles. The summed E-state index contributed by atoms with van der Waals surface area (Å²) in [7, 11) is 0. The Bertz CT molecular complexity index is 496. The molecule has 0 radical (unpaired) electrons. The molecule has 4 unspecified atom stereocenters. The number of anilines is 1. The van der Waals surface area contributed by atoms with Crippen LogP contribution in [0.4, 0.5) is 5.69 Å². The molecule has 108 valence electrons. The van der Waals surface area contributed by atoms with Gasteiger partial charge in [-0.15, -0.1) is 0 Å². The van der Waals surface area contributed by atoms with Crippen LogP contribution in [0.2, 0.25) is 0 Å². The van der Waals surface area contributed by atoms with Gasteiger partial charge < -0.3 is 5.32 Å². The van der Waals surface area contributed by atoms with Gasteiger partial charge in [-0.05, 0) is 55.1 Å². The SMILES string of the molecule is CCC(C)c1ccccc1NC(=O)C1CC2CCC1C2. The van der Waals surface area contributed by atoms with Crippen molar-refractivity contribution >= 4 is 11.6 Å². The van der Waals surface area contributed by atoms with Crippen LogP contribution in [0.5, 0.6) is 0 Å². The number of nitrogens with one attached hydrogen (secondary N) is 1. The molecule has 1 aromatic carbocycles. The van der Waals surface area contributed by atoms with E-state index >= 15 is 0 Å². The molecule has 0 spiro atoms. The second kappa shape index (κ2) is 5.59. The van der Waals surface area contributed by atoms with Crippen molar-refractivity contribution in [3.8, 4) is 0 Å². The van der Waals surface area contributed by atoms with Crippen LogP contribution >= 0.6 is 0 Å². The van der Waals surface area contributed by atoms with Gasteiger partial charge in [-0.25, -0.2) is 0 Å². The van der Waals surface area contributed by atoms with Crippen molar-refractivity contribution in [1.29, 1.82) is 0 Å². The van der Waals surface area contributed by atoms with Crippen molar-refractivity contribution in [1.82, 2.24) is 0 Å². The molecular weight excluding hydrogens is 246 g/mol. The predicted molar refractivity (Wildman–Crippen MR) is 82.7 cm³/mol. The quantitative estimate of drug-likeness (QED) is 0.853. The average molecular weight is 271 g/mol. The summed E-state index contributed by atoms with van der Waals surface area (Å²) in [6.45, 7) is 4.42. The largest absolute Gasteiger partial charge is 0.326 e. The second-order valence-electron chi connectivity index (χ2n) is 6.67. The molecule has 2 nitrogen and oxygen atoms in total. The highest BCUT2D eigenvalue weighted by atomic mass is 16.1. The first-order chi connectivity index (χ1) is 9.69. The third-order valence-corrected chi connectivity index (χ3v) is 5.44. The van der Waals surface area contributed by atoms with E-state index in [0.717, 1.165) is 24.4 Å². The number of para-hydroxylation sites is 1. The van der Waals surface area contributed by atoms with E-state index in [-0.39, 0.29) is 11.8 Å². The maximum absolute atomic E-state index is 12.6. The number of hydrogen-bond acceptors (Lipinski definition) is 1. The van der Waals surface area contributed by atoms with Crippen LogP contribution in [0.3, 0.4) is 0 Å². The maximum atomic E-state index is 12.6. The Morgan fingerprint density at radius 1 is 1.30 bits per heavy atom. The number of carbonyl (C=O) groups excluding carboxylic acids is 1. The molecule has 0 heterocycles. The van der Waals surface area contributed by atoms with Crippen molar-refractivity contribution in [3.63, 3.8) is 0 Å². The number of rotatable bonds is 4. The normalized spacial score (nSPS) is 29.4. The highest BCUT2D eigenvalue weighted by Gasteiger charge is 2.43. The molecule has 3 rings (SSSR count). The van der Waals surface area contributed by atoms with Crippen LogP contribution < -0.4 is 5.32 Å². The zero-order valence-corrected chi connectivity index (χ0v) is 12.6. The molecule has 1 amide bonds. The van der Waals surface area contributed by atoms with Gasteiger partial charge in [0.2, 0.25) is 5.91 Å². The van der Waals surface area contributed by atoms with Gasteiger partial charge in [-0.2, -0.15) is 0 Å². The van der Waals surface area contributed by atoms with Gasteiger partial charge in [-0.3, -0.25) is 4.79 Å². The highest BCUT2D eigenvalue weighted by molar-refractivity contribution is 5.93. The van der Waals surface area contributed by atoms with Crippen LogP contribution in [0.25, 0.3) is 0 Å². The Labute approximate surface area is 122 Å². The zero-order valence-electron chi connectivity index (χ0n) is 12.6. The number of benzene rings is 1. The average Bonchev–Trinajstić information content (AvgIpc) is 3.09. The summed E-state index contributed by atoms with van der Waals surface area (Å²) in [5.41, 5.74) is 2.29. The topological polar surface area (TPSA) is 29.1 Å². The summed E-state index contributed by atoms with van der Waals surface area (Å²) >= 11 is 0. The summed E-state index contributed by atoms with van der Waals surface area (Å²) in [6, 6.07) is 8.27. The van der Waals surface area contributed by atoms with Crippen LogP contribution in [0.15, 0.2) is 24.3 Å². The summed E-state index contributed by atoms with van der Waals surface area (Å²) < 4.78 is 0. The lowest BCUT2D eigenvalue weighted by molar-refractivity contribution is -0.121. The smallest absolute Gasteiger partial charge is 0.227 e. The zero-order chi connectivity index (χ0) is 14.1. The van der Waals surface area contributed by atoms with E-state index in [1.165, 1.54) is 24.8 Å². The van der Waals surface area contributed by atoms with Gasteiger partial charge in [0, 0.05) is 11.6 Å². The Morgan fingerprint density at radius 3 is 2.75 bits per heavy atom. The number of carbonyl (C=O) groups is 1. The highest BCUT2D eigenvalue weighted by Crippen LogP contribution is 2.48. The van der Waals surface area contributed by atoms with E-state index in [9.17, 15) is 4.79 Å². The first-order valence-electron chi connectivity index (χ1n) is 8.08. The minimum atomic E-state index is 0.257. The minimum absolute atomic E-state index is 0.257. The Hall–Kier alpha value is -1.31. The Morgan fingerprint density at radius 2 is 2.10 bits per heavy atom. The summed E-state index contributed by atoms with van der Waals surface area (Å²) in [4.78, 5) is 12.6. The number of fused-ring (bicyclic) bond motifs is 2. The minimum Gasteiger partial charge on any atom is -0.326 e. The van der Waals surface area contributed by atoms with Crippen molar-refractivity contribution < 1.29 is 4.79 Å². The summed E-state index contributed by atoms with van der Waals surface area (Å²) in [5.74, 6) is 2.48. The van der Waals surface area contributed by atoms with E-state index < -0.39 is 0 Å². The van der Waals surface area contributed by atoms with Gasteiger partial charge in [0.15, 0.2) is 0 Å². The molecule has 2 aliphatic carbocycles. The number of hydrogen-bond donors (Lipinski definition) is 1. The lowest BCUT2D eigenvalue weighted by Gasteiger charge is -2.22. The first kappa shape index (κ1) is 13.7. The van der Waals surface area contributed by atoms with Gasteiger partial charge >= 0.3 is 0 Å². The van der Waals surface area contributed by atoms with Crippen LogP contribution in [0, 0.1) is 17.8 Å². The molecule has 2 saturated carbocycles. The lowest BCUT2D eigenvalue weighted by atomic mass is 9.88. The number of amides is 1. The molecule has 4 atom stereocenters. The molecule has 2 bridgehead atoms. The van der Waals surface area contributed by atoms with Gasteiger partial charge in [-0.1, -0.05) is 38.5 Å². The molecule has 2 fully saturated rings.